The van der Waals surface area contributed by atoms with E-state index in [0.717, 1.165) is 12.8 Å². The van der Waals surface area contributed by atoms with Crippen LogP contribution in [-0.2, 0) is 4.79 Å². The lowest BCUT2D eigenvalue weighted by Crippen LogP contribution is -2.34. The molecule has 0 spiro atoms. The Morgan fingerprint density at radius 3 is 2.38 bits per heavy atom. The number of nitrogens with two attached hydrogens (primary N) is 1. The van der Waals surface area contributed by atoms with Crippen molar-refractivity contribution in [3.63, 3.8) is 0 Å². The zero-order valence-electron chi connectivity index (χ0n) is 8.79. The number of carboxylic acids is 1. The van der Waals surface area contributed by atoms with Gasteiger partial charge in [0.25, 0.3) is 0 Å². The van der Waals surface area contributed by atoms with Crippen molar-refractivity contribution in [3.8, 4) is 0 Å². The second kappa shape index (κ2) is 5.97. The first kappa shape index (κ1) is 12.4. The van der Waals surface area contributed by atoms with Gasteiger partial charge < -0.3 is 10.8 Å². The molecule has 0 rings (SSSR count). The van der Waals surface area contributed by atoms with E-state index in [0.29, 0.717) is 5.92 Å². The molecule has 0 aliphatic carbocycles. The van der Waals surface area contributed by atoms with Gasteiger partial charge in [-0.25, -0.2) is 0 Å². The summed E-state index contributed by atoms with van der Waals surface area (Å²) in [5, 5.41) is 8.56. The van der Waals surface area contributed by atoms with Gasteiger partial charge in [-0.2, -0.15) is 0 Å². The zero-order chi connectivity index (χ0) is 10.4. The van der Waals surface area contributed by atoms with E-state index in [2.05, 4.69) is 13.8 Å². The summed E-state index contributed by atoms with van der Waals surface area (Å²) < 4.78 is 0. The van der Waals surface area contributed by atoms with E-state index in [1.807, 2.05) is 6.92 Å². The van der Waals surface area contributed by atoms with Crippen LogP contribution >= 0.6 is 0 Å². The molecular formula is C10H21NO2. The standard InChI is InChI=1S/C10H21NO2/c1-4-5-7(2)8(3)9(11)6-10(12)13/h7-9H,4-6,11H2,1-3H3,(H,12,13)/t7-,8+,9-/m1/s1. The molecule has 0 radical (unpaired) electrons. The third kappa shape index (κ3) is 4.88. The molecule has 0 bridgehead atoms. The second-order valence-electron chi connectivity index (χ2n) is 3.89. The Kier molecular flexibility index (Phi) is 5.71. The summed E-state index contributed by atoms with van der Waals surface area (Å²) in [5.41, 5.74) is 5.77. The molecule has 0 aromatic heterocycles. The molecule has 0 aliphatic rings. The van der Waals surface area contributed by atoms with Crippen LogP contribution in [0.3, 0.4) is 0 Å². The van der Waals surface area contributed by atoms with E-state index < -0.39 is 5.97 Å². The molecule has 0 saturated heterocycles. The highest BCUT2D eigenvalue weighted by atomic mass is 16.4. The highest BCUT2D eigenvalue weighted by molar-refractivity contribution is 5.67. The van der Waals surface area contributed by atoms with Crippen LogP contribution < -0.4 is 5.73 Å². The normalized spacial score (nSPS) is 17.8. The van der Waals surface area contributed by atoms with Gasteiger partial charge >= 0.3 is 5.97 Å². The van der Waals surface area contributed by atoms with Crippen molar-refractivity contribution in [1.29, 1.82) is 0 Å². The van der Waals surface area contributed by atoms with Crippen LogP contribution in [0.2, 0.25) is 0 Å². The van der Waals surface area contributed by atoms with Crippen LogP contribution in [-0.4, -0.2) is 17.1 Å². The van der Waals surface area contributed by atoms with Gasteiger partial charge in [-0.15, -0.1) is 0 Å². The summed E-state index contributed by atoms with van der Waals surface area (Å²) in [5.74, 6) is -0.00144. The van der Waals surface area contributed by atoms with Crippen LogP contribution in [0.15, 0.2) is 0 Å². The number of aliphatic carboxylic acids is 1. The fraction of sp³-hybridized carbons (Fsp3) is 0.900. The van der Waals surface area contributed by atoms with Crippen molar-refractivity contribution in [2.75, 3.05) is 0 Å². The molecule has 13 heavy (non-hydrogen) atoms. The Morgan fingerprint density at radius 2 is 2.00 bits per heavy atom. The third-order valence-corrected chi connectivity index (χ3v) is 2.73. The number of hydrogen-bond acceptors (Lipinski definition) is 2. The van der Waals surface area contributed by atoms with Crippen molar-refractivity contribution >= 4 is 5.97 Å². The minimum atomic E-state index is -0.803. The van der Waals surface area contributed by atoms with Gasteiger partial charge in [0.15, 0.2) is 0 Å². The smallest absolute Gasteiger partial charge is 0.304 e. The number of hydrogen-bond donors (Lipinski definition) is 2. The summed E-state index contributed by atoms with van der Waals surface area (Å²) in [4.78, 5) is 10.4. The molecule has 0 aliphatic heterocycles. The molecule has 0 amide bonds. The maximum Gasteiger partial charge on any atom is 0.304 e. The fourth-order valence-corrected chi connectivity index (χ4v) is 1.53. The molecule has 0 heterocycles. The largest absolute Gasteiger partial charge is 0.481 e. The first-order valence-electron chi connectivity index (χ1n) is 4.96. The average molecular weight is 187 g/mol. The molecule has 3 nitrogen and oxygen atoms in total. The molecule has 0 saturated carbocycles. The molecule has 78 valence electrons. The maximum atomic E-state index is 10.4. The van der Waals surface area contributed by atoms with Crippen LogP contribution in [0.1, 0.15) is 40.0 Å². The Labute approximate surface area is 80.3 Å². The fourth-order valence-electron chi connectivity index (χ4n) is 1.53. The van der Waals surface area contributed by atoms with Crippen LogP contribution in [0.25, 0.3) is 0 Å². The number of carboxylic acid groups (broad SMARTS) is 1. The maximum absolute atomic E-state index is 10.4. The van der Waals surface area contributed by atoms with Gasteiger partial charge in [0, 0.05) is 6.04 Å². The van der Waals surface area contributed by atoms with Gasteiger partial charge in [-0.3, -0.25) is 4.79 Å². The highest BCUT2D eigenvalue weighted by Crippen LogP contribution is 2.20. The Bertz CT molecular complexity index is 159. The van der Waals surface area contributed by atoms with Gasteiger partial charge in [0.1, 0.15) is 0 Å². The summed E-state index contributed by atoms with van der Waals surface area (Å²) in [6.07, 6.45) is 2.33. The SMILES string of the molecule is CCC[C@@H](C)[C@H](C)[C@H](N)CC(=O)O. The first-order valence-corrected chi connectivity index (χ1v) is 4.96. The summed E-state index contributed by atoms with van der Waals surface area (Å²) >= 11 is 0. The van der Waals surface area contributed by atoms with Crippen molar-refractivity contribution in [3.05, 3.63) is 0 Å². The van der Waals surface area contributed by atoms with Crippen molar-refractivity contribution < 1.29 is 9.90 Å². The van der Waals surface area contributed by atoms with Gasteiger partial charge in [-0.05, 0) is 11.8 Å². The van der Waals surface area contributed by atoms with E-state index >= 15 is 0 Å². The van der Waals surface area contributed by atoms with E-state index in [1.54, 1.807) is 0 Å². The predicted octanol–water partition coefficient (Wildman–Crippen LogP) is 1.86. The monoisotopic (exact) mass is 187 g/mol. The van der Waals surface area contributed by atoms with Crippen molar-refractivity contribution in [1.82, 2.24) is 0 Å². The van der Waals surface area contributed by atoms with Gasteiger partial charge in [0.05, 0.1) is 6.42 Å². The summed E-state index contributed by atoms with van der Waals surface area (Å²) in [7, 11) is 0. The van der Waals surface area contributed by atoms with E-state index in [4.69, 9.17) is 10.8 Å². The quantitative estimate of drug-likeness (QED) is 0.667. The molecule has 3 heteroatoms. The average Bonchev–Trinajstić information content (AvgIpc) is 2.02. The molecule has 3 N–H and O–H groups in total. The summed E-state index contributed by atoms with van der Waals surface area (Å²) in [6, 6.07) is -0.209. The van der Waals surface area contributed by atoms with E-state index in [1.165, 1.54) is 0 Å². The lowest BCUT2D eigenvalue weighted by atomic mass is 9.85. The molecule has 0 unspecified atom stereocenters. The lowest BCUT2D eigenvalue weighted by Gasteiger charge is -2.24. The van der Waals surface area contributed by atoms with Crippen molar-refractivity contribution in [2.24, 2.45) is 17.6 Å². The molecule has 0 aromatic rings. The van der Waals surface area contributed by atoms with Crippen LogP contribution in [0.5, 0.6) is 0 Å². The minimum absolute atomic E-state index is 0.0786. The Hall–Kier alpha value is -0.570. The summed E-state index contributed by atoms with van der Waals surface area (Å²) in [6.45, 7) is 6.30. The van der Waals surface area contributed by atoms with E-state index in [9.17, 15) is 4.79 Å². The molecule has 3 atom stereocenters. The zero-order valence-corrected chi connectivity index (χ0v) is 8.79. The lowest BCUT2D eigenvalue weighted by molar-refractivity contribution is -0.137. The number of carbonyl (C=O) groups is 1. The Morgan fingerprint density at radius 1 is 1.46 bits per heavy atom. The van der Waals surface area contributed by atoms with Crippen LogP contribution in [0.4, 0.5) is 0 Å². The molecule has 0 fully saturated rings. The van der Waals surface area contributed by atoms with Crippen LogP contribution in [0, 0.1) is 11.8 Å². The van der Waals surface area contributed by atoms with E-state index in [-0.39, 0.29) is 18.4 Å². The molecule has 0 aromatic carbocycles. The Balaban J connectivity index is 3.92. The topological polar surface area (TPSA) is 63.3 Å². The van der Waals surface area contributed by atoms with Gasteiger partial charge in [0.2, 0.25) is 0 Å². The van der Waals surface area contributed by atoms with Crippen molar-refractivity contribution in [2.45, 2.75) is 46.1 Å². The first-order chi connectivity index (χ1) is 5.99. The predicted molar refractivity (Wildman–Crippen MR) is 53.5 cm³/mol. The molecular weight excluding hydrogens is 166 g/mol. The number of rotatable bonds is 6. The third-order valence-electron chi connectivity index (χ3n) is 2.73. The van der Waals surface area contributed by atoms with Gasteiger partial charge in [-0.1, -0.05) is 33.6 Å². The second-order valence-corrected chi connectivity index (χ2v) is 3.89. The minimum Gasteiger partial charge on any atom is -0.481 e. The highest BCUT2D eigenvalue weighted by Gasteiger charge is 2.20.